The maximum atomic E-state index is 13.1. The predicted octanol–water partition coefficient (Wildman–Crippen LogP) is 5.55. The van der Waals surface area contributed by atoms with Gasteiger partial charge < -0.3 is 10.2 Å². The summed E-state index contributed by atoms with van der Waals surface area (Å²) < 4.78 is 39.3. The average Bonchev–Trinajstić information content (AvgIpc) is 2.72. The first-order chi connectivity index (χ1) is 13.9. The molecular formula is C21H22F3N3OS. The molecule has 0 aliphatic carbocycles. The minimum atomic E-state index is -4.52. The van der Waals surface area contributed by atoms with E-state index >= 15 is 0 Å². The molecular weight excluding hydrogens is 399 g/mol. The number of thioether (sulfide) groups is 1. The van der Waals surface area contributed by atoms with Crippen molar-refractivity contribution in [1.29, 1.82) is 0 Å². The van der Waals surface area contributed by atoms with E-state index in [9.17, 15) is 18.0 Å². The number of likely N-dealkylation sites (tertiary alicyclic amines) is 1. The van der Waals surface area contributed by atoms with Gasteiger partial charge >= 0.3 is 6.18 Å². The van der Waals surface area contributed by atoms with Gasteiger partial charge in [0.05, 0.1) is 22.7 Å². The zero-order chi connectivity index (χ0) is 20.7. The SMILES string of the molecule is O=C(CSC(=Nc1ccccc1)N1CCCCC1)Nc1ccccc1C(F)(F)F. The third-order valence-corrected chi connectivity index (χ3v) is 5.46. The lowest BCUT2D eigenvalue weighted by atomic mass is 10.1. The molecule has 1 aliphatic rings. The van der Waals surface area contributed by atoms with E-state index in [1.54, 1.807) is 0 Å². The average molecular weight is 421 g/mol. The van der Waals surface area contributed by atoms with Gasteiger partial charge in [-0.15, -0.1) is 0 Å². The second-order valence-corrected chi connectivity index (χ2v) is 7.60. The molecule has 0 aromatic heterocycles. The van der Waals surface area contributed by atoms with Crippen molar-refractivity contribution in [3.63, 3.8) is 0 Å². The molecule has 1 N–H and O–H groups in total. The molecule has 0 unspecified atom stereocenters. The fraction of sp³-hybridized carbons (Fsp3) is 0.333. The number of alkyl halides is 3. The molecule has 154 valence electrons. The minimum Gasteiger partial charge on any atom is -0.351 e. The highest BCUT2D eigenvalue weighted by Crippen LogP contribution is 2.34. The van der Waals surface area contributed by atoms with Crippen molar-refractivity contribution in [2.24, 2.45) is 4.99 Å². The van der Waals surface area contributed by atoms with Gasteiger partial charge in [0.1, 0.15) is 0 Å². The van der Waals surface area contributed by atoms with Crippen molar-refractivity contribution in [3.8, 4) is 0 Å². The monoisotopic (exact) mass is 421 g/mol. The number of anilines is 1. The van der Waals surface area contributed by atoms with Crippen molar-refractivity contribution < 1.29 is 18.0 Å². The fourth-order valence-corrected chi connectivity index (χ4v) is 3.92. The van der Waals surface area contributed by atoms with E-state index in [2.05, 4.69) is 15.2 Å². The quantitative estimate of drug-likeness (QED) is 0.520. The lowest BCUT2D eigenvalue weighted by Crippen LogP contribution is -2.34. The number of hydrogen-bond acceptors (Lipinski definition) is 3. The smallest absolute Gasteiger partial charge is 0.351 e. The number of benzene rings is 2. The molecule has 0 atom stereocenters. The van der Waals surface area contributed by atoms with Gasteiger partial charge in [-0.25, -0.2) is 4.99 Å². The lowest BCUT2D eigenvalue weighted by Gasteiger charge is -2.29. The number of hydrogen-bond donors (Lipinski definition) is 1. The number of nitrogens with one attached hydrogen (secondary N) is 1. The molecule has 1 amide bonds. The van der Waals surface area contributed by atoms with E-state index in [0.29, 0.717) is 0 Å². The molecule has 0 spiro atoms. The molecule has 2 aromatic carbocycles. The first-order valence-corrected chi connectivity index (χ1v) is 10.4. The molecule has 4 nitrogen and oxygen atoms in total. The second-order valence-electron chi connectivity index (χ2n) is 6.66. The van der Waals surface area contributed by atoms with E-state index in [1.165, 1.54) is 30.0 Å². The van der Waals surface area contributed by atoms with Gasteiger partial charge in [0, 0.05) is 13.1 Å². The molecule has 1 heterocycles. The maximum absolute atomic E-state index is 13.1. The normalized spacial score (nSPS) is 15.3. The first-order valence-electron chi connectivity index (χ1n) is 9.41. The van der Waals surface area contributed by atoms with Crippen molar-refractivity contribution in [3.05, 3.63) is 60.2 Å². The predicted molar refractivity (Wildman–Crippen MR) is 111 cm³/mol. The largest absolute Gasteiger partial charge is 0.418 e. The van der Waals surface area contributed by atoms with Gasteiger partial charge in [0.25, 0.3) is 0 Å². The summed E-state index contributed by atoms with van der Waals surface area (Å²) >= 11 is 1.25. The molecule has 1 saturated heterocycles. The summed E-state index contributed by atoms with van der Waals surface area (Å²) in [5.74, 6) is -0.515. The Morgan fingerprint density at radius 2 is 1.66 bits per heavy atom. The van der Waals surface area contributed by atoms with Crippen LogP contribution < -0.4 is 5.32 Å². The second kappa shape index (κ2) is 9.82. The third-order valence-electron chi connectivity index (χ3n) is 4.45. The molecule has 3 rings (SSSR count). The molecule has 29 heavy (non-hydrogen) atoms. The van der Waals surface area contributed by atoms with Gasteiger partial charge in [0.15, 0.2) is 5.17 Å². The Bertz CT molecular complexity index is 850. The van der Waals surface area contributed by atoms with E-state index in [0.717, 1.165) is 49.3 Å². The molecule has 1 fully saturated rings. The van der Waals surface area contributed by atoms with Crippen molar-refractivity contribution >= 4 is 34.2 Å². The molecule has 0 saturated carbocycles. The lowest BCUT2D eigenvalue weighted by molar-refractivity contribution is -0.137. The van der Waals surface area contributed by atoms with Crippen molar-refractivity contribution in [2.45, 2.75) is 25.4 Å². The van der Waals surface area contributed by atoms with Gasteiger partial charge in [-0.2, -0.15) is 13.2 Å². The molecule has 1 aliphatic heterocycles. The number of amides is 1. The number of halogens is 3. The Hall–Kier alpha value is -2.48. The number of aliphatic imine (C=N–C) groups is 1. The van der Waals surface area contributed by atoms with Gasteiger partial charge in [-0.3, -0.25) is 4.79 Å². The van der Waals surface area contributed by atoms with E-state index < -0.39 is 17.6 Å². The molecule has 0 radical (unpaired) electrons. The van der Waals surface area contributed by atoms with Crippen LogP contribution in [0.3, 0.4) is 0 Å². The van der Waals surface area contributed by atoms with Crippen molar-refractivity contribution in [1.82, 2.24) is 4.90 Å². The van der Waals surface area contributed by atoms with Gasteiger partial charge in [-0.05, 0) is 43.5 Å². The number of carbonyl (C=O) groups excluding carboxylic acids is 1. The van der Waals surface area contributed by atoms with E-state index in [-0.39, 0.29) is 11.4 Å². The van der Waals surface area contributed by atoms with Crippen LogP contribution in [0.5, 0.6) is 0 Å². The Kier molecular flexibility index (Phi) is 7.19. The summed E-state index contributed by atoms with van der Waals surface area (Å²) in [7, 11) is 0. The number of nitrogens with zero attached hydrogens (tertiary/aromatic N) is 2. The van der Waals surface area contributed by atoms with Crippen LogP contribution in [0.2, 0.25) is 0 Å². The van der Waals surface area contributed by atoms with Crippen LogP contribution in [-0.4, -0.2) is 34.8 Å². The van der Waals surface area contributed by atoms with Crippen LogP contribution in [0.1, 0.15) is 24.8 Å². The summed E-state index contributed by atoms with van der Waals surface area (Å²) in [5.41, 5.74) is -0.305. The highest BCUT2D eigenvalue weighted by atomic mass is 32.2. The van der Waals surface area contributed by atoms with Gasteiger partial charge in [0.2, 0.25) is 5.91 Å². The van der Waals surface area contributed by atoms with Crippen LogP contribution in [0.4, 0.5) is 24.5 Å². The summed E-state index contributed by atoms with van der Waals surface area (Å²) in [5, 5.41) is 3.10. The number of carbonyl (C=O) groups is 1. The Balaban J connectivity index is 1.69. The Morgan fingerprint density at radius 1 is 1.00 bits per heavy atom. The maximum Gasteiger partial charge on any atom is 0.418 e. The Labute approximate surface area is 172 Å². The fourth-order valence-electron chi connectivity index (χ4n) is 3.05. The van der Waals surface area contributed by atoms with Gasteiger partial charge in [-0.1, -0.05) is 42.1 Å². The summed E-state index contributed by atoms with van der Waals surface area (Å²) in [6.07, 6.45) is -1.25. The van der Waals surface area contributed by atoms with E-state index in [4.69, 9.17) is 0 Å². The van der Waals surface area contributed by atoms with Crippen LogP contribution in [-0.2, 0) is 11.0 Å². The third kappa shape index (κ3) is 6.25. The van der Waals surface area contributed by atoms with Crippen LogP contribution in [0, 0.1) is 0 Å². The highest BCUT2D eigenvalue weighted by Gasteiger charge is 2.33. The zero-order valence-corrected chi connectivity index (χ0v) is 16.6. The summed E-state index contributed by atoms with van der Waals surface area (Å²) in [4.78, 5) is 19.2. The number of amidine groups is 1. The first kappa shape index (κ1) is 21.2. The summed E-state index contributed by atoms with van der Waals surface area (Å²) in [6, 6.07) is 14.4. The standard InChI is InChI=1S/C21H22F3N3OS/c22-21(23,24)17-11-5-6-12-18(17)26-19(28)15-29-20(27-13-7-2-8-14-27)25-16-9-3-1-4-10-16/h1,3-6,9-12H,2,7-8,13-15H2,(H,26,28). The minimum absolute atomic E-state index is 0.0195. The number of rotatable bonds is 4. The van der Waals surface area contributed by atoms with E-state index in [1.807, 2.05) is 30.3 Å². The molecule has 2 aromatic rings. The van der Waals surface area contributed by atoms with Crippen LogP contribution >= 0.6 is 11.8 Å². The molecule has 8 heteroatoms. The molecule has 0 bridgehead atoms. The highest BCUT2D eigenvalue weighted by molar-refractivity contribution is 8.14. The van der Waals surface area contributed by atoms with Crippen LogP contribution in [0.15, 0.2) is 59.6 Å². The number of piperidine rings is 1. The van der Waals surface area contributed by atoms with Crippen molar-refractivity contribution in [2.75, 3.05) is 24.2 Å². The Morgan fingerprint density at radius 3 is 2.34 bits per heavy atom. The number of para-hydroxylation sites is 2. The van der Waals surface area contributed by atoms with Crippen LogP contribution in [0.25, 0.3) is 0 Å². The zero-order valence-electron chi connectivity index (χ0n) is 15.8. The topological polar surface area (TPSA) is 44.7 Å². The summed E-state index contributed by atoms with van der Waals surface area (Å²) in [6.45, 7) is 1.72.